The van der Waals surface area contributed by atoms with Crippen LogP contribution in [0.3, 0.4) is 0 Å². The second-order valence-corrected chi connectivity index (χ2v) is 4.74. The number of benzene rings is 1. The quantitative estimate of drug-likeness (QED) is 0.721. The van der Waals surface area contributed by atoms with E-state index < -0.39 is 17.5 Å². The van der Waals surface area contributed by atoms with Crippen LogP contribution in [0.25, 0.3) is 0 Å². The molecular formula is C11H10F2N6OS. The van der Waals surface area contributed by atoms with Gasteiger partial charge in [0.1, 0.15) is 0 Å². The molecule has 0 bridgehead atoms. The number of hydrogen-bond acceptors (Lipinski definition) is 7. The number of halogens is 2. The molecule has 2 aromatic rings. The number of nitrogens with zero attached hydrogens (tertiary/aromatic N) is 3. The van der Waals surface area contributed by atoms with Crippen molar-refractivity contribution in [1.82, 2.24) is 15.0 Å². The van der Waals surface area contributed by atoms with E-state index >= 15 is 0 Å². The molecule has 0 fully saturated rings. The minimum absolute atomic E-state index is 0.0500. The monoisotopic (exact) mass is 312 g/mol. The molecule has 0 saturated heterocycles. The van der Waals surface area contributed by atoms with Crippen LogP contribution >= 0.6 is 11.8 Å². The van der Waals surface area contributed by atoms with Crippen molar-refractivity contribution in [2.45, 2.75) is 5.16 Å². The molecular weight excluding hydrogens is 302 g/mol. The summed E-state index contributed by atoms with van der Waals surface area (Å²) in [6.45, 7) is 0. The highest BCUT2D eigenvalue weighted by Gasteiger charge is 2.09. The first-order valence-electron chi connectivity index (χ1n) is 5.59. The highest BCUT2D eigenvalue weighted by molar-refractivity contribution is 7.99. The van der Waals surface area contributed by atoms with Gasteiger partial charge in [-0.05, 0) is 12.1 Å². The van der Waals surface area contributed by atoms with Gasteiger partial charge in [-0.3, -0.25) is 4.79 Å². The van der Waals surface area contributed by atoms with Crippen LogP contribution < -0.4 is 16.8 Å². The van der Waals surface area contributed by atoms with E-state index in [9.17, 15) is 13.6 Å². The van der Waals surface area contributed by atoms with E-state index in [4.69, 9.17) is 11.5 Å². The third kappa shape index (κ3) is 4.24. The number of thioether (sulfide) groups is 1. The summed E-state index contributed by atoms with van der Waals surface area (Å²) in [5.41, 5.74) is 10.9. The first-order chi connectivity index (χ1) is 9.94. The van der Waals surface area contributed by atoms with Crippen LogP contribution in [0.15, 0.2) is 23.4 Å². The summed E-state index contributed by atoms with van der Waals surface area (Å²) in [6, 6.07) is 3.06. The highest BCUT2D eigenvalue weighted by Crippen LogP contribution is 2.16. The number of nitrogens with one attached hydrogen (secondary N) is 1. The zero-order chi connectivity index (χ0) is 15.4. The van der Waals surface area contributed by atoms with Gasteiger partial charge in [0, 0.05) is 11.8 Å². The first-order valence-corrected chi connectivity index (χ1v) is 6.57. The molecule has 10 heteroatoms. The topological polar surface area (TPSA) is 120 Å². The van der Waals surface area contributed by atoms with Gasteiger partial charge in [0.2, 0.25) is 17.8 Å². The van der Waals surface area contributed by atoms with Crippen molar-refractivity contribution in [3.8, 4) is 0 Å². The Balaban J connectivity index is 1.94. The SMILES string of the molecule is Nc1nc(N)nc(SCC(=O)Nc2ccc(F)c(F)c2)n1. The Labute approximate surface area is 122 Å². The fourth-order valence-corrected chi connectivity index (χ4v) is 2.00. The average molecular weight is 312 g/mol. The lowest BCUT2D eigenvalue weighted by molar-refractivity contribution is -0.113. The highest BCUT2D eigenvalue weighted by atomic mass is 32.2. The average Bonchev–Trinajstić information content (AvgIpc) is 2.40. The Hall–Kier alpha value is -2.49. The molecule has 1 aromatic heterocycles. The first kappa shape index (κ1) is 14.9. The smallest absolute Gasteiger partial charge is 0.234 e. The number of nitrogen functional groups attached to an aromatic ring is 2. The molecule has 0 aliphatic rings. The summed E-state index contributed by atoms with van der Waals surface area (Å²) < 4.78 is 25.7. The van der Waals surface area contributed by atoms with Gasteiger partial charge in [-0.2, -0.15) is 15.0 Å². The van der Waals surface area contributed by atoms with E-state index in [0.29, 0.717) is 0 Å². The van der Waals surface area contributed by atoms with Crippen LogP contribution in [0.4, 0.5) is 26.4 Å². The van der Waals surface area contributed by atoms with Gasteiger partial charge in [-0.25, -0.2) is 8.78 Å². The van der Waals surface area contributed by atoms with Gasteiger partial charge in [0.25, 0.3) is 0 Å². The lowest BCUT2D eigenvalue weighted by Gasteiger charge is -2.05. The molecule has 2 rings (SSSR count). The predicted octanol–water partition coefficient (Wildman–Crippen LogP) is 1.04. The predicted molar refractivity (Wildman–Crippen MR) is 74.4 cm³/mol. The number of nitrogens with two attached hydrogens (primary N) is 2. The van der Waals surface area contributed by atoms with Gasteiger partial charge in [0.05, 0.1) is 5.75 Å². The lowest BCUT2D eigenvalue weighted by atomic mass is 10.3. The largest absolute Gasteiger partial charge is 0.368 e. The Morgan fingerprint density at radius 3 is 2.43 bits per heavy atom. The molecule has 7 nitrogen and oxygen atoms in total. The maximum absolute atomic E-state index is 13.0. The second kappa shape index (κ2) is 6.31. The molecule has 1 amide bonds. The molecule has 0 aliphatic carbocycles. The Kier molecular flexibility index (Phi) is 4.48. The van der Waals surface area contributed by atoms with E-state index in [1.54, 1.807) is 0 Å². The van der Waals surface area contributed by atoms with Crippen molar-refractivity contribution in [3.63, 3.8) is 0 Å². The van der Waals surface area contributed by atoms with Crippen molar-refractivity contribution < 1.29 is 13.6 Å². The van der Waals surface area contributed by atoms with E-state index in [-0.39, 0.29) is 28.5 Å². The van der Waals surface area contributed by atoms with Crippen molar-refractivity contribution in [2.24, 2.45) is 0 Å². The van der Waals surface area contributed by atoms with Gasteiger partial charge < -0.3 is 16.8 Å². The minimum Gasteiger partial charge on any atom is -0.368 e. The minimum atomic E-state index is -1.04. The van der Waals surface area contributed by atoms with Gasteiger partial charge in [-0.1, -0.05) is 11.8 Å². The molecule has 1 heterocycles. The third-order valence-electron chi connectivity index (χ3n) is 2.19. The van der Waals surface area contributed by atoms with Crippen LogP contribution in [0.2, 0.25) is 0 Å². The number of carbonyl (C=O) groups excluding carboxylic acids is 1. The molecule has 0 atom stereocenters. The normalized spacial score (nSPS) is 10.4. The maximum Gasteiger partial charge on any atom is 0.234 e. The summed E-state index contributed by atoms with van der Waals surface area (Å²) in [4.78, 5) is 22.8. The van der Waals surface area contributed by atoms with Crippen molar-refractivity contribution >= 4 is 35.3 Å². The Bertz CT molecular complexity index is 664. The number of amides is 1. The Morgan fingerprint density at radius 1 is 1.14 bits per heavy atom. The Morgan fingerprint density at radius 2 is 1.81 bits per heavy atom. The number of anilines is 3. The van der Waals surface area contributed by atoms with Crippen LogP contribution in [0.5, 0.6) is 0 Å². The summed E-state index contributed by atoms with van der Waals surface area (Å²) in [6.07, 6.45) is 0. The van der Waals surface area contributed by atoms with Crippen LogP contribution in [-0.2, 0) is 4.79 Å². The van der Waals surface area contributed by atoms with Gasteiger partial charge >= 0.3 is 0 Å². The summed E-state index contributed by atoms with van der Waals surface area (Å²) in [5, 5.41) is 2.60. The molecule has 1 aromatic carbocycles. The van der Waals surface area contributed by atoms with Crippen molar-refractivity contribution in [1.29, 1.82) is 0 Å². The molecule has 5 N–H and O–H groups in total. The standard InChI is InChI=1S/C11H10F2N6OS/c12-6-2-1-5(3-7(6)13)16-8(20)4-21-11-18-9(14)17-10(15)19-11/h1-3H,4H2,(H,16,20)(H4,14,15,17,18,19). The number of rotatable bonds is 4. The fraction of sp³-hybridized carbons (Fsp3) is 0.0909. The molecule has 21 heavy (non-hydrogen) atoms. The van der Waals surface area contributed by atoms with Crippen molar-refractivity contribution in [3.05, 3.63) is 29.8 Å². The van der Waals surface area contributed by atoms with Gasteiger partial charge in [0.15, 0.2) is 16.8 Å². The molecule has 110 valence electrons. The van der Waals surface area contributed by atoms with E-state index in [1.807, 2.05) is 0 Å². The summed E-state index contributed by atoms with van der Waals surface area (Å²) in [7, 11) is 0. The van der Waals surface area contributed by atoms with Gasteiger partial charge in [-0.15, -0.1) is 0 Å². The summed E-state index contributed by atoms with van der Waals surface area (Å²) >= 11 is 0.981. The van der Waals surface area contributed by atoms with E-state index in [1.165, 1.54) is 6.07 Å². The molecule has 0 aliphatic heterocycles. The number of carbonyl (C=O) groups is 1. The molecule has 0 radical (unpaired) electrons. The number of hydrogen-bond donors (Lipinski definition) is 3. The van der Waals surface area contributed by atoms with Crippen LogP contribution in [-0.4, -0.2) is 26.6 Å². The third-order valence-corrected chi connectivity index (χ3v) is 3.03. The zero-order valence-corrected chi connectivity index (χ0v) is 11.3. The molecule has 0 saturated carbocycles. The lowest BCUT2D eigenvalue weighted by Crippen LogP contribution is -2.15. The van der Waals surface area contributed by atoms with E-state index in [2.05, 4.69) is 20.3 Å². The molecule has 0 unspecified atom stereocenters. The fourth-order valence-electron chi connectivity index (χ4n) is 1.35. The van der Waals surface area contributed by atoms with Crippen LogP contribution in [0.1, 0.15) is 0 Å². The second-order valence-electron chi connectivity index (χ2n) is 3.80. The maximum atomic E-state index is 13.0. The summed E-state index contributed by atoms with van der Waals surface area (Å²) in [5.74, 6) is -2.63. The zero-order valence-electron chi connectivity index (χ0n) is 10.5. The molecule has 0 spiro atoms. The van der Waals surface area contributed by atoms with Crippen LogP contribution in [0, 0.1) is 11.6 Å². The number of aromatic nitrogens is 3. The van der Waals surface area contributed by atoms with E-state index in [0.717, 1.165) is 23.9 Å². The van der Waals surface area contributed by atoms with Crippen molar-refractivity contribution in [2.75, 3.05) is 22.5 Å².